The molecule has 37 heavy (non-hydrogen) atoms. The van der Waals surface area contributed by atoms with E-state index in [1.165, 1.54) is 0 Å². The number of hydrogen-bond acceptors (Lipinski definition) is 5. The molecule has 0 spiro atoms. The minimum atomic E-state index is -0.980. The molecule has 1 aliphatic heterocycles. The van der Waals surface area contributed by atoms with Crippen LogP contribution in [0.3, 0.4) is 0 Å². The summed E-state index contributed by atoms with van der Waals surface area (Å²) in [6, 6.07) is 14.4. The van der Waals surface area contributed by atoms with Crippen molar-refractivity contribution >= 4 is 46.0 Å². The summed E-state index contributed by atoms with van der Waals surface area (Å²) >= 11 is 5.80. The number of carbonyl (C=O) groups excluding carboxylic acids is 4. The van der Waals surface area contributed by atoms with Gasteiger partial charge in [0.1, 0.15) is 17.5 Å². The van der Waals surface area contributed by atoms with Crippen molar-refractivity contribution in [2.45, 2.75) is 31.3 Å². The molecule has 1 aliphatic rings. The zero-order valence-corrected chi connectivity index (χ0v) is 21.1. The quantitative estimate of drug-likeness (QED) is 0.286. The van der Waals surface area contributed by atoms with Crippen molar-refractivity contribution < 1.29 is 23.9 Å². The first-order valence-electron chi connectivity index (χ1n) is 12.1. The molecule has 1 fully saturated rings. The summed E-state index contributed by atoms with van der Waals surface area (Å²) in [5, 5.41) is 9.01. The Morgan fingerprint density at radius 2 is 1.86 bits per heavy atom. The highest BCUT2D eigenvalue weighted by Crippen LogP contribution is 2.26. The molecule has 1 aromatic heterocycles. The van der Waals surface area contributed by atoms with E-state index in [1.54, 1.807) is 19.2 Å². The Morgan fingerprint density at radius 3 is 2.54 bits per heavy atom. The summed E-state index contributed by atoms with van der Waals surface area (Å²) in [6.07, 6.45) is 0.930. The van der Waals surface area contributed by atoms with Gasteiger partial charge in [0.05, 0.1) is 19.0 Å². The molecule has 1 saturated heterocycles. The largest absolute Gasteiger partial charge is 0.496 e. The van der Waals surface area contributed by atoms with E-state index in [9.17, 15) is 19.2 Å². The molecule has 194 valence electrons. The first-order chi connectivity index (χ1) is 17.9. The van der Waals surface area contributed by atoms with Crippen molar-refractivity contribution in [3.63, 3.8) is 0 Å². The smallest absolute Gasteiger partial charge is 0.268 e. The highest BCUT2D eigenvalue weighted by molar-refractivity contribution is 6.28. The van der Waals surface area contributed by atoms with Crippen LogP contribution in [-0.4, -0.2) is 60.1 Å². The highest BCUT2D eigenvalue weighted by Gasteiger charge is 2.33. The van der Waals surface area contributed by atoms with Crippen LogP contribution < -0.4 is 20.7 Å². The lowest BCUT2D eigenvalue weighted by molar-refractivity contribution is -0.129. The summed E-state index contributed by atoms with van der Waals surface area (Å²) in [5.74, 6) is -1.62. The van der Waals surface area contributed by atoms with Gasteiger partial charge in [-0.1, -0.05) is 36.4 Å². The Kier molecular flexibility index (Phi) is 8.45. The van der Waals surface area contributed by atoms with Crippen LogP contribution in [0.25, 0.3) is 10.9 Å². The third-order valence-corrected chi connectivity index (χ3v) is 6.78. The molecule has 4 rings (SSSR count). The Bertz CT molecular complexity index is 1290. The van der Waals surface area contributed by atoms with Crippen LogP contribution in [0.2, 0.25) is 0 Å². The van der Waals surface area contributed by atoms with Crippen molar-refractivity contribution in [1.82, 2.24) is 20.9 Å². The molecule has 0 saturated carbocycles. The van der Waals surface area contributed by atoms with Crippen molar-refractivity contribution in [3.8, 4) is 5.75 Å². The summed E-state index contributed by atoms with van der Waals surface area (Å²) in [6.45, 7) is 0.529. The maximum absolute atomic E-state index is 13.4. The molecular formula is C27H29ClN4O5. The Labute approximate surface area is 219 Å². The maximum atomic E-state index is 13.4. The number of rotatable bonds is 11. The normalized spacial score (nSPS) is 16.6. The maximum Gasteiger partial charge on any atom is 0.268 e. The number of ether oxygens (including phenoxy) is 1. The molecule has 3 amide bonds. The first-order valence-corrected chi connectivity index (χ1v) is 12.6. The van der Waals surface area contributed by atoms with Crippen LogP contribution in [0.5, 0.6) is 5.75 Å². The van der Waals surface area contributed by atoms with Crippen LogP contribution in [0.1, 0.15) is 28.9 Å². The first kappa shape index (κ1) is 26.2. The van der Waals surface area contributed by atoms with E-state index in [1.807, 2.05) is 42.5 Å². The summed E-state index contributed by atoms with van der Waals surface area (Å²) < 4.78 is 5.37. The molecule has 10 heteroatoms. The van der Waals surface area contributed by atoms with Gasteiger partial charge in [-0.2, -0.15) is 0 Å². The van der Waals surface area contributed by atoms with Crippen LogP contribution in [-0.2, 0) is 20.8 Å². The lowest BCUT2D eigenvalue weighted by Gasteiger charge is -2.24. The summed E-state index contributed by atoms with van der Waals surface area (Å²) in [7, 11) is 1.55. The number of halogens is 1. The van der Waals surface area contributed by atoms with Crippen molar-refractivity contribution in [1.29, 1.82) is 0 Å². The number of ketones is 1. The van der Waals surface area contributed by atoms with Gasteiger partial charge in [0.25, 0.3) is 5.91 Å². The average molecular weight is 525 g/mol. The van der Waals surface area contributed by atoms with Gasteiger partial charge in [-0.05, 0) is 36.6 Å². The number of methoxy groups -OCH3 is 1. The number of amides is 3. The molecular weight excluding hydrogens is 496 g/mol. The monoisotopic (exact) mass is 524 g/mol. The average Bonchev–Trinajstić information content (AvgIpc) is 3.53. The third-order valence-electron chi connectivity index (χ3n) is 6.51. The van der Waals surface area contributed by atoms with Gasteiger partial charge in [-0.15, -0.1) is 11.6 Å². The van der Waals surface area contributed by atoms with Crippen LogP contribution in [0.4, 0.5) is 0 Å². The minimum absolute atomic E-state index is 0.148. The molecule has 2 heterocycles. The summed E-state index contributed by atoms with van der Waals surface area (Å²) in [5.41, 5.74) is 1.81. The second kappa shape index (κ2) is 11.9. The fraction of sp³-hybridized carbons (Fsp3) is 0.333. The lowest BCUT2D eigenvalue weighted by Crippen LogP contribution is -2.53. The van der Waals surface area contributed by atoms with E-state index in [-0.39, 0.29) is 42.0 Å². The summed E-state index contributed by atoms with van der Waals surface area (Å²) in [4.78, 5) is 54.3. The number of aromatic nitrogens is 1. The van der Waals surface area contributed by atoms with E-state index in [4.69, 9.17) is 16.3 Å². The lowest BCUT2D eigenvalue weighted by atomic mass is 9.95. The fourth-order valence-corrected chi connectivity index (χ4v) is 4.70. The second-order valence-electron chi connectivity index (χ2n) is 8.99. The van der Waals surface area contributed by atoms with Crippen molar-refractivity contribution in [2.24, 2.45) is 5.92 Å². The standard InChI is InChI=1S/C27H29ClN4O5/c1-37-24-9-5-8-19-18(24)14-22(30-19)27(36)32-21(12-16-6-3-2-4-7-16)26(35)31-20(23(33)15-28)13-17-10-11-29-25(17)34/h2-9,14,17,20-21,30H,10-13,15H2,1H3,(H,29,34)(H,31,35)(H,32,36)/t17?,20-,21-/m0/s1. The van der Waals surface area contributed by atoms with Crippen molar-refractivity contribution in [3.05, 3.63) is 65.9 Å². The second-order valence-corrected chi connectivity index (χ2v) is 9.26. The predicted octanol–water partition coefficient (Wildman–Crippen LogP) is 2.34. The van der Waals surface area contributed by atoms with Gasteiger partial charge in [0, 0.05) is 29.8 Å². The Balaban J connectivity index is 1.55. The topological polar surface area (TPSA) is 129 Å². The molecule has 9 nitrogen and oxygen atoms in total. The number of fused-ring (bicyclic) bond motifs is 1. The number of aromatic amines is 1. The van der Waals surface area contributed by atoms with Crippen LogP contribution in [0, 0.1) is 5.92 Å². The Hall–Kier alpha value is -3.85. The van der Waals surface area contributed by atoms with E-state index >= 15 is 0 Å². The van der Waals surface area contributed by atoms with E-state index < -0.39 is 23.9 Å². The molecule has 2 aromatic carbocycles. The van der Waals surface area contributed by atoms with Crippen LogP contribution >= 0.6 is 11.6 Å². The molecule has 1 unspecified atom stereocenters. The fourth-order valence-electron chi connectivity index (χ4n) is 4.51. The minimum Gasteiger partial charge on any atom is -0.496 e. The SMILES string of the molecule is COc1cccc2[nH]c(C(=O)N[C@@H](Cc3ccccc3)C(=O)N[C@@H](CC3CCNC3=O)C(=O)CCl)cc12. The molecule has 0 radical (unpaired) electrons. The number of H-pyrrole nitrogens is 1. The van der Waals surface area contributed by atoms with E-state index in [2.05, 4.69) is 20.9 Å². The number of Topliss-reactive ketones (excluding diaryl/α,β-unsaturated/α-hetero) is 1. The zero-order valence-electron chi connectivity index (χ0n) is 20.4. The molecule has 4 N–H and O–H groups in total. The Morgan fingerprint density at radius 1 is 1.08 bits per heavy atom. The third kappa shape index (κ3) is 6.29. The number of nitrogens with one attached hydrogen (secondary N) is 4. The van der Waals surface area contributed by atoms with Gasteiger partial charge in [-0.25, -0.2) is 0 Å². The number of carbonyl (C=O) groups is 4. The van der Waals surface area contributed by atoms with E-state index in [0.29, 0.717) is 18.7 Å². The molecule has 0 bridgehead atoms. The van der Waals surface area contributed by atoms with Gasteiger partial charge >= 0.3 is 0 Å². The highest BCUT2D eigenvalue weighted by atomic mass is 35.5. The predicted molar refractivity (Wildman–Crippen MR) is 140 cm³/mol. The van der Waals surface area contributed by atoms with Gasteiger partial charge in [0.2, 0.25) is 11.8 Å². The van der Waals surface area contributed by atoms with Crippen molar-refractivity contribution in [2.75, 3.05) is 19.5 Å². The number of alkyl halides is 1. The van der Waals surface area contributed by atoms with Gasteiger partial charge in [-0.3, -0.25) is 19.2 Å². The molecule has 3 aromatic rings. The number of hydrogen-bond donors (Lipinski definition) is 4. The van der Waals surface area contributed by atoms with Crippen LogP contribution in [0.15, 0.2) is 54.6 Å². The zero-order chi connectivity index (χ0) is 26.4. The molecule has 3 atom stereocenters. The van der Waals surface area contributed by atoms with E-state index in [0.717, 1.165) is 16.5 Å². The number of benzene rings is 2. The molecule has 0 aliphatic carbocycles. The van der Waals surface area contributed by atoms with Gasteiger partial charge in [0.15, 0.2) is 5.78 Å². The van der Waals surface area contributed by atoms with Gasteiger partial charge < -0.3 is 25.7 Å².